The van der Waals surface area contributed by atoms with Crippen LogP contribution < -0.4 is 5.32 Å². The van der Waals surface area contributed by atoms with Crippen molar-refractivity contribution in [2.24, 2.45) is 0 Å². The Labute approximate surface area is 207 Å². The summed E-state index contributed by atoms with van der Waals surface area (Å²) in [7, 11) is 1.57. The number of aliphatic hydroxyl groups excluding tert-OH is 1. The Balaban J connectivity index is 1.55. The van der Waals surface area contributed by atoms with Crippen molar-refractivity contribution in [3.05, 3.63) is 71.8 Å². The van der Waals surface area contributed by atoms with Crippen LogP contribution in [0.5, 0.6) is 0 Å². The van der Waals surface area contributed by atoms with Crippen molar-refractivity contribution in [3.8, 4) is 11.3 Å². The summed E-state index contributed by atoms with van der Waals surface area (Å²) >= 11 is 0. The van der Waals surface area contributed by atoms with Crippen LogP contribution in [0.4, 0.5) is 19.5 Å². The van der Waals surface area contributed by atoms with Gasteiger partial charge in [0.25, 0.3) is 0 Å². The summed E-state index contributed by atoms with van der Waals surface area (Å²) in [6, 6.07) is 14.2. The second-order valence-electron chi connectivity index (χ2n) is 8.26. The number of aryl methyl sites for hydroxylation is 1. The zero-order chi connectivity index (χ0) is 25.9. The molecule has 3 aromatic rings. The highest BCUT2D eigenvalue weighted by molar-refractivity contribution is 5.83. The van der Waals surface area contributed by atoms with Crippen molar-refractivity contribution >= 4 is 17.9 Å². The van der Waals surface area contributed by atoms with Crippen LogP contribution in [-0.2, 0) is 16.0 Å². The van der Waals surface area contributed by atoms with Crippen LogP contribution in [0.25, 0.3) is 11.3 Å². The summed E-state index contributed by atoms with van der Waals surface area (Å²) in [4.78, 5) is 26.5. The van der Waals surface area contributed by atoms with E-state index in [4.69, 9.17) is 14.4 Å². The Kier molecular flexibility index (Phi) is 9.93. The number of unbranched alkanes of at least 4 members (excludes halogenated alkanes) is 1. The highest BCUT2D eigenvalue weighted by atomic mass is 19.2. The molecule has 3 rings (SSSR count). The lowest BCUT2D eigenvalue weighted by molar-refractivity contribution is -0.133. The average molecular weight is 502 g/mol. The van der Waals surface area contributed by atoms with Gasteiger partial charge >= 0.3 is 6.09 Å². The smallest absolute Gasteiger partial charge is 0.414 e. The van der Waals surface area contributed by atoms with Crippen molar-refractivity contribution < 1.29 is 32.7 Å². The molecule has 0 bridgehead atoms. The van der Waals surface area contributed by atoms with Gasteiger partial charge in [-0.15, -0.1) is 0 Å². The number of rotatable bonds is 12. The summed E-state index contributed by atoms with van der Waals surface area (Å²) in [5.74, 6) is -2.12. The van der Waals surface area contributed by atoms with Crippen LogP contribution in [-0.4, -0.2) is 53.5 Å². The fraction of sp³-hybridized carbons (Fsp3) is 0.346. The van der Waals surface area contributed by atoms with E-state index in [2.05, 4.69) is 10.5 Å². The maximum atomic E-state index is 13.9. The summed E-state index contributed by atoms with van der Waals surface area (Å²) in [5, 5.41) is 15.5. The Morgan fingerprint density at radius 3 is 2.67 bits per heavy atom. The number of carbonyl (C=O) groups is 2. The monoisotopic (exact) mass is 501 g/mol. The molecule has 0 saturated carbocycles. The number of halogens is 2. The Bertz CT molecular complexity index is 1140. The third-order valence-electron chi connectivity index (χ3n) is 5.74. The van der Waals surface area contributed by atoms with Gasteiger partial charge in [-0.1, -0.05) is 47.6 Å². The molecule has 2 aromatic carbocycles. The minimum Gasteiger partial charge on any atom is -0.447 e. The van der Waals surface area contributed by atoms with Gasteiger partial charge in [-0.2, -0.15) is 0 Å². The SMILES string of the molecule is CN(C(=O)CCc1cccc(F)c1F)[C@@H](CCCCO)COC(=O)Nc1cc(-c2ccccc2)no1. The molecule has 0 radical (unpaired) electrons. The van der Waals surface area contributed by atoms with E-state index in [1.807, 2.05) is 30.3 Å². The first kappa shape index (κ1) is 26.8. The van der Waals surface area contributed by atoms with E-state index in [1.54, 1.807) is 13.1 Å². The zero-order valence-electron chi connectivity index (χ0n) is 20.0. The van der Waals surface area contributed by atoms with E-state index in [1.165, 1.54) is 17.0 Å². The van der Waals surface area contributed by atoms with Gasteiger partial charge in [0.1, 0.15) is 12.3 Å². The molecule has 0 spiro atoms. The molecule has 8 nitrogen and oxygen atoms in total. The minimum absolute atomic E-state index is 0.000185. The number of hydrogen-bond donors (Lipinski definition) is 2. The molecule has 0 aliphatic heterocycles. The van der Waals surface area contributed by atoms with Gasteiger partial charge in [0, 0.05) is 31.7 Å². The van der Waals surface area contributed by atoms with E-state index in [-0.39, 0.29) is 43.4 Å². The molecule has 36 heavy (non-hydrogen) atoms. The van der Waals surface area contributed by atoms with E-state index in [9.17, 15) is 18.4 Å². The molecule has 10 heteroatoms. The van der Waals surface area contributed by atoms with Crippen molar-refractivity contribution in [1.29, 1.82) is 0 Å². The highest BCUT2D eigenvalue weighted by Gasteiger charge is 2.22. The van der Waals surface area contributed by atoms with Crippen molar-refractivity contribution in [2.75, 3.05) is 25.6 Å². The molecule has 0 saturated heterocycles. The van der Waals surface area contributed by atoms with Gasteiger partial charge < -0.3 is 19.3 Å². The number of nitrogens with zero attached hydrogens (tertiary/aromatic N) is 2. The predicted molar refractivity (Wildman–Crippen MR) is 129 cm³/mol. The molecule has 1 atom stereocenters. The van der Waals surface area contributed by atoms with Gasteiger partial charge in [0.15, 0.2) is 11.6 Å². The molecule has 2 amide bonds. The lowest BCUT2D eigenvalue weighted by Crippen LogP contribution is -2.41. The third-order valence-corrected chi connectivity index (χ3v) is 5.74. The zero-order valence-corrected chi connectivity index (χ0v) is 20.0. The maximum absolute atomic E-state index is 13.9. The van der Waals surface area contributed by atoms with Crippen molar-refractivity contribution in [2.45, 2.75) is 38.1 Å². The standard InChI is InChI=1S/C26H29F2N3O5/c1-31(24(33)14-13-19-10-7-12-21(27)25(19)28)20(11-5-6-15-32)17-35-26(34)29-23-16-22(30-36-23)18-8-3-2-4-9-18/h2-4,7-10,12,16,20,32H,5-6,11,13-15,17H2,1H3,(H,29,34)/t20-/m0/s1. The minimum atomic E-state index is -0.963. The fourth-order valence-electron chi connectivity index (χ4n) is 3.63. The van der Waals surface area contributed by atoms with Crippen molar-refractivity contribution in [3.63, 3.8) is 0 Å². The molecule has 1 heterocycles. The van der Waals surface area contributed by atoms with Crippen molar-refractivity contribution in [1.82, 2.24) is 10.1 Å². The number of aromatic nitrogens is 1. The van der Waals surface area contributed by atoms with Crippen LogP contribution in [0.2, 0.25) is 0 Å². The lowest BCUT2D eigenvalue weighted by atomic mass is 10.1. The number of likely N-dealkylation sites (N-methyl/N-ethyl adjacent to an activating group) is 1. The van der Waals surface area contributed by atoms with Gasteiger partial charge in [-0.05, 0) is 37.3 Å². The number of nitrogens with one attached hydrogen (secondary N) is 1. The number of amides is 2. The van der Waals surface area contributed by atoms with Crippen LogP contribution in [0.1, 0.15) is 31.2 Å². The normalized spacial score (nSPS) is 11.7. The quantitative estimate of drug-likeness (QED) is 0.346. The Morgan fingerprint density at radius 2 is 1.92 bits per heavy atom. The van der Waals surface area contributed by atoms with Crippen LogP contribution in [0, 0.1) is 11.6 Å². The Morgan fingerprint density at radius 1 is 1.14 bits per heavy atom. The molecule has 192 valence electrons. The number of hydrogen-bond acceptors (Lipinski definition) is 6. The first-order valence-corrected chi connectivity index (χ1v) is 11.6. The number of ether oxygens (including phenoxy) is 1. The van der Waals surface area contributed by atoms with Gasteiger partial charge in [-0.25, -0.2) is 13.6 Å². The molecule has 1 aromatic heterocycles. The first-order chi connectivity index (χ1) is 17.4. The second kappa shape index (κ2) is 13.3. The van der Waals surface area contributed by atoms with E-state index < -0.39 is 23.8 Å². The molecule has 0 aliphatic carbocycles. The second-order valence-corrected chi connectivity index (χ2v) is 8.26. The number of carbonyl (C=O) groups excluding carboxylic acids is 2. The molecular formula is C26H29F2N3O5. The van der Waals surface area contributed by atoms with Gasteiger partial charge in [0.05, 0.1) is 6.04 Å². The number of benzene rings is 2. The van der Waals surface area contributed by atoms with E-state index >= 15 is 0 Å². The molecule has 0 aliphatic rings. The number of aliphatic hydroxyl groups is 1. The summed E-state index contributed by atoms with van der Waals surface area (Å²) < 4.78 is 37.8. The highest BCUT2D eigenvalue weighted by Crippen LogP contribution is 2.21. The summed E-state index contributed by atoms with van der Waals surface area (Å²) in [6.07, 6.45) is 0.822. The maximum Gasteiger partial charge on any atom is 0.414 e. The van der Waals surface area contributed by atoms with E-state index in [0.29, 0.717) is 25.0 Å². The fourth-order valence-corrected chi connectivity index (χ4v) is 3.63. The van der Waals surface area contributed by atoms with E-state index in [0.717, 1.165) is 11.6 Å². The molecular weight excluding hydrogens is 472 g/mol. The summed E-state index contributed by atoms with van der Waals surface area (Å²) in [5.41, 5.74) is 1.49. The summed E-state index contributed by atoms with van der Waals surface area (Å²) in [6.45, 7) is -0.104. The predicted octanol–water partition coefficient (Wildman–Crippen LogP) is 4.79. The molecule has 0 fully saturated rings. The molecule has 2 N–H and O–H groups in total. The van der Waals surface area contributed by atoms with Gasteiger partial charge in [-0.3, -0.25) is 10.1 Å². The third kappa shape index (κ3) is 7.61. The Hall–Kier alpha value is -3.79. The van der Waals surface area contributed by atoms with Crippen LogP contribution in [0.3, 0.4) is 0 Å². The van der Waals surface area contributed by atoms with Crippen LogP contribution >= 0.6 is 0 Å². The first-order valence-electron chi connectivity index (χ1n) is 11.6. The average Bonchev–Trinajstić information content (AvgIpc) is 3.35. The molecule has 0 unspecified atom stereocenters. The number of anilines is 1. The largest absolute Gasteiger partial charge is 0.447 e. The topological polar surface area (TPSA) is 105 Å². The van der Waals surface area contributed by atoms with Crippen LogP contribution in [0.15, 0.2) is 59.1 Å². The van der Waals surface area contributed by atoms with Gasteiger partial charge in [0.2, 0.25) is 11.8 Å². The lowest BCUT2D eigenvalue weighted by Gasteiger charge is -2.28.